The first-order valence-corrected chi connectivity index (χ1v) is 9.88. The van der Waals surface area contributed by atoms with E-state index in [0.717, 1.165) is 27.9 Å². The van der Waals surface area contributed by atoms with Crippen LogP contribution in [0.25, 0.3) is 10.8 Å². The van der Waals surface area contributed by atoms with Crippen molar-refractivity contribution in [2.75, 3.05) is 6.61 Å². The molecule has 2 aromatic carbocycles. The van der Waals surface area contributed by atoms with Crippen LogP contribution in [0.5, 0.6) is 5.75 Å². The standard InChI is InChI=1S/C21H22N2O4S/c1-13-19(21(25)26)28-20(23-13)14(2)22-18(24)11-6-12-27-17-10-5-8-15-7-3-4-9-16(15)17/h3-5,7-10,14H,6,11-12H2,1-2H3,(H,22,24)(H,25,26). The molecule has 1 atom stereocenters. The van der Waals surface area contributed by atoms with E-state index < -0.39 is 5.97 Å². The minimum absolute atomic E-state index is 0.112. The number of ether oxygens (including phenoxy) is 1. The molecule has 0 bridgehead atoms. The van der Waals surface area contributed by atoms with Crippen molar-refractivity contribution < 1.29 is 19.4 Å². The van der Waals surface area contributed by atoms with Crippen LogP contribution < -0.4 is 10.1 Å². The van der Waals surface area contributed by atoms with Crippen LogP contribution in [-0.4, -0.2) is 28.6 Å². The van der Waals surface area contributed by atoms with E-state index in [9.17, 15) is 9.59 Å². The number of nitrogens with zero attached hydrogens (tertiary/aromatic N) is 1. The quantitative estimate of drug-likeness (QED) is 0.551. The molecule has 0 saturated carbocycles. The molecule has 146 valence electrons. The summed E-state index contributed by atoms with van der Waals surface area (Å²) in [5.41, 5.74) is 0.470. The molecule has 1 amide bonds. The van der Waals surface area contributed by atoms with Gasteiger partial charge in [0.1, 0.15) is 15.6 Å². The minimum atomic E-state index is -0.995. The fourth-order valence-electron chi connectivity index (χ4n) is 2.91. The fourth-order valence-corrected chi connectivity index (χ4v) is 3.82. The van der Waals surface area contributed by atoms with Crippen LogP contribution in [0, 0.1) is 6.92 Å². The zero-order chi connectivity index (χ0) is 20.1. The van der Waals surface area contributed by atoms with E-state index in [0.29, 0.717) is 30.2 Å². The van der Waals surface area contributed by atoms with Crippen LogP contribution >= 0.6 is 11.3 Å². The number of benzene rings is 2. The Morgan fingerprint density at radius 2 is 1.96 bits per heavy atom. The molecular weight excluding hydrogens is 376 g/mol. The molecule has 0 fully saturated rings. The van der Waals surface area contributed by atoms with Crippen molar-refractivity contribution in [2.24, 2.45) is 0 Å². The molecule has 0 radical (unpaired) electrons. The smallest absolute Gasteiger partial charge is 0.347 e. The Labute approximate surface area is 167 Å². The van der Waals surface area contributed by atoms with Crippen LogP contribution in [-0.2, 0) is 4.79 Å². The number of hydrogen-bond acceptors (Lipinski definition) is 5. The van der Waals surface area contributed by atoms with Gasteiger partial charge in [0.25, 0.3) is 0 Å². The van der Waals surface area contributed by atoms with Crippen molar-refractivity contribution in [2.45, 2.75) is 32.7 Å². The molecule has 0 aliphatic rings. The largest absolute Gasteiger partial charge is 0.493 e. The summed E-state index contributed by atoms with van der Waals surface area (Å²) in [6.07, 6.45) is 0.907. The molecule has 2 N–H and O–H groups in total. The Balaban J connectivity index is 1.48. The molecular formula is C21H22N2O4S. The van der Waals surface area contributed by atoms with E-state index in [4.69, 9.17) is 9.84 Å². The van der Waals surface area contributed by atoms with Gasteiger partial charge in [0.05, 0.1) is 18.3 Å². The van der Waals surface area contributed by atoms with Crippen molar-refractivity contribution in [3.8, 4) is 5.75 Å². The summed E-state index contributed by atoms with van der Waals surface area (Å²) in [7, 11) is 0. The summed E-state index contributed by atoms with van der Waals surface area (Å²) in [6, 6.07) is 13.6. The number of amides is 1. The van der Waals surface area contributed by atoms with Crippen LogP contribution in [0.15, 0.2) is 42.5 Å². The van der Waals surface area contributed by atoms with Gasteiger partial charge in [-0.1, -0.05) is 36.4 Å². The average Bonchev–Trinajstić information content (AvgIpc) is 3.07. The van der Waals surface area contributed by atoms with E-state index in [1.54, 1.807) is 13.8 Å². The minimum Gasteiger partial charge on any atom is -0.493 e. The number of fused-ring (bicyclic) bond motifs is 1. The molecule has 1 heterocycles. The van der Waals surface area contributed by atoms with Crippen LogP contribution in [0.4, 0.5) is 0 Å². The highest BCUT2D eigenvalue weighted by atomic mass is 32.1. The van der Waals surface area contributed by atoms with Crippen molar-refractivity contribution in [3.63, 3.8) is 0 Å². The third kappa shape index (κ3) is 4.67. The van der Waals surface area contributed by atoms with E-state index in [1.165, 1.54) is 0 Å². The van der Waals surface area contributed by atoms with Gasteiger partial charge in [-0.05, 0) is 31.7 Å². The first-order chi connectivity index (χ1) is 13.5. The second kappa shape index (κ2) is 8.84. The molecule has 7 heteroatoms. The number of nitrogens with one attached hydrogen (secondary N) is 1. The zero-order valence-electron chi connectivity index (χ0n) is 15.8. The lowest BCUT2D eigenvalue weighted by atomic mass is 10.1. The third-order valence-electron chi connectivity index (χ3n) is 4.31. The van der Waals surface area contributed by atoms with Crippen molar-refractivity contribution >= 4 is 34.0 Å². The molecule has 0 saturated heterocycles. The molecule has 0 spiro atoms. The number of carboxylic acids is 1. The first-order valence-electron chi connectivity index (χ1n) is 9.06. The van der Waals surface area contributed by atoms with E-state index >= 15 is 0 Å². The Morgan fingerprint density at radius 1 is 1.21 bits per heavy atom. The van der Waals surface area contributed by atoms with E-state index in [2.05, 4.69) is 10.3 Å². The average molecular weight is 398 g/mol. The number of aromatic carboxylic acids is 1. The topological polar surface area (TPSA) is 88.5 Å². The molecule has 6 nitrogen and oxygen atoms in total. The summed E-state index contributed by atoms with van der Waals surface area (Å²) < 4.78 is 5.85. The molecule has 0 aliphatic carbocycles. The van der Waals surface area contributed by atoms with Gasteiger partial charge < -0.3 is 15.2 Å². The fraction of sp³-hybridized carbons (Fsp3) is 0.286. The molecule has 1 aromatic heterocycles. The zero-order valence-corrected chi connectivity index (χ0v) is 16.6. The number of aryl methyl sites for hydroxylation is 1. The van der Waals surface area contributed by atoms with Crippen LogP contribution in [0.1, 0.15) is 46.2 Å². The molecule has 28 heavy (non-hydrogen) atoms. The number of hydrogen-bond donors (Lipinski definition) is 2. The summed E-state index contributed by atoms with van der Waals surface area (Å²) in [5.74, 6) is -0.296. The van der Waals surface area contributed by atoms with Gasteiger partial charge in [-0.2, -0.15) is 0 Å². The second-order valence-electron chi connectivity index (χ2n) is 6.49. The number of thiazole rings is 1. The second-order valence-corrected chi connectivity index (χ2v) is 7.52. The predicted molar refractivity (Wildman–Crippen MR) is 109 cm³/mol. The summed E-state index contributed by atoms with van der Waals surface area (Å²) >= 11 is 1.09. The van der Waals surface area contributed by atoms with E-state index in [1.807, 2.05) is 42.5 Å². The maximum Gasteiger partial charge on any atom is 0.347 e. The predicted octanol–water partition coefficient (Wildman–Crippen LogP) is 4.34. The summed E-state index contributed by atoms with van der Waals surface area (Å²) in [5, 5.41) is 14.7. The number of carbonyl (C=O) groups is 2. The van der Waals surface area contributed by atoms with Crippen molar-refractivity contribution in [3.05, 3.63) is 58.0 Å². The first kappa shape index (κ1) is 19.8. The maximum absolute atomic E-state index is 12.2. The van der Waals surface area contributed by atoms with Gasteiger partial charge in [0.15, 0.2) is 0 Å². The molecule has 1 unspecified atom stereocenters. The van der Waals surface area contributed by atoms with Crippen molar-refractivity contribution in [1.29, 1.82) is 0 Å². The Hall–Kier alpha value is -2.93. The maximum atomic E-state index is 12.2. The third-order valence-corrected chi connectivity index (χ3v) is 5.64. The number of aromatic nitrogens is 1. The van der Waals surface area contributed by atoms with Gasteiger partial charge in [-0.3, -0.25) is 4.79 Å². The lowest BCUT2D eigenvalue weighted by molar-refractivity contribution is -0.121. The highest BCUT2D eigenvalue weighted by molar-refractivity contribution is 7.13. The monoisotopic (exact) mass is 398 g/mol. The Bertz CT molecular complexity index is 994. The lowest BCUT2D eigenvalue weighted by Crippen LogP contribution is -2.26. The van der Waals surface area contributed by atoms with Gasteiger partial charge in [-0.15, -0.1) is 11.3 Å². The molecule has 0 aliphatic heterocycles. The SMILES string of the molecule is Cc1nc(C(C)NC(=O)CCCOc2cccc3ccccc23)sc1C(=O)O. The molecule has 3 aromatic rings. The lowest BCUT2D eigenvalue weighted by Gasteiger charge is -2.12. The summed E-state index contributed by atoms with van der Waals surface area (Å²) in [6.45, 7) is 3.90. The van der Waals surface area contributed by atoms with Gasteiger partial charge in [0, 0.05) is 11.8 Å². The van der Waals surface area contributed by atoms with Gasteiger partial charge in [0.2, 0.25) is 5.91 Å². The number of carbonyl (C=O) groups excluding carboxylic acids is 1. The number of carboxylic acid groups (broad SMARTS) is 1. The van der Waals surface area contributed by atoms with Gasteiger partial charge >= 0.3 is 5.97 Å². The van der Waals surface area contributed by atoms with Gasteiger partial charge in [-0.25, -0.2) is 9.78 Å². The highest BCUT2D eigenvalue weighted by Gasteiger charge is 2.19. The van der Waals surface area contributed by atoms with Crippen LogP contribution in [0.3, 0.4) is 0 Å². The Morgan fingerprint density at radius 3 is 2.71 bits per heavy atom. The molecule has 3 rings (SSSR count). The normalized spacial score (nSPS) is 11.9. The number of rotatable bonds is 8. The summed E-state index contributed by atoms with van der Waals surface area (Å²) in [4.78, 5) is 27.7. The van der Waals surface area contributed by atoms with E-state index in [-0.39, 0.29) is 16.8 Å². The highest BCUT2D eigenvalue weighted by Crippen LogP contribution is 2.25. The van der Waals surface area contributed by atoms with Crippen LogP contribution in [0.2, 0.25) is 0 Å². The Kier molecular flexibility index (Phi) is 6.26. The van der Waals surface area contributed by atoms with Crippen molar-refractivity contribution in [1.82, 2.24) is 10.3 Å².